The number of aromatic nitrogens is 2. The number of carbonyl (C=O) groups is 1. The summed E-state index contributed by atoms with van der Waals surface area (Å²) in [6.07, 6.45) is 1.44. The number of carbonyl (C=O) groups excluding carboxylic acids is 1. The first-order chi connectivity index (χ1) is 16.1. The topological polar surface area (TPSA) is 72.5 Å². The highest BCUT2D eigenvalue weighted by molar-refractivity contribution is 5.79. The van der Waals surface area contributed by atoms with E-state index in [0.29, 0.717) is 45.1 Å². The number of nitrogens with zero attached hydrogens (tertiary/aromatic N) is 4. The summed E-state index contributed by atoms with van der Waals surface area (Å²) in [5.41, 5.74) is 4.45. The van der Waals surface area contributed by atoms with Gasteiger partial charge in [0.2, 0.25) is 11.9 Å². The third-order valence-corrected chi connectivity index (χ3v) is 6.51. The Bertz CT molecular complexity index is 1170. The number of nitrogens with one attached hydrogen (secondary N) is 1. The highest BCUT2D eigenvalue weighted by atomic mass is 16.2. The van der Waals surface area contributed by atoms with Crippen LogP contribution in [-0.4, -0.2) is 58.4 Å². The van der Waals surface area contributed by atoms with Gasteiger partial charge in [0.1, 0.15) is 0 Å². The minimum atomic E-state index is -0.130. The Kier molecular flexibility index (Phi) is 6.21. The van der Waals surface area contributed by atoms with Crippen molar-refractivity contribution in [2.45, 2.75) is 25.9 Å². The molecule has 2 aromatic carbocycles. The highest BCUT2D eigenvalue weighted by Crippen LogP contribution is 2.20. The van der Waals surface area contributed by atoms with Gasteiger partial charge in [-0.05, 0) is 23.1 Å². The molecule has 1 amide bonds. The van der Waals surface area contributed by atoms with Crippen LogP contribution < -0.4 is 10.5 Å². The minimum Gasteiger partial charge on any atom is -0.339 e. The lowest BCUT2D eigenvalue weighted by Crippen LogP contribution is -2.50. The van der Waals surface area contributed by atoms with Crippen LogP contribution in [0.15, 0.2) is 65.5 Å². The molecule has 2 aliphatic rings. The Morgan fingerprint density at radius 3 is 2.42 bits per heavy atom. The van der Waals surface area contributed by atoms with E-state index in [1.807, 2.05) is 35.2 Å². The fourth-order valence-corrected chi connectivity index (χ4v) is 4.69. The van der Waals surface area contributed by atoms with Gasteiger partial charge in [0.15, 0.2) is 0 Å². The normalized spacial score (nSPS) is 16.5. The Balaban J connectivity index is 1.20. The van der Waals surface area contributed by atoms with E-state index in [0.717, 1.165) is 30.8 Å². The van der Waals surface area contributed by atoms with E-state index < -0.39 is 0 Å². The number of benzene rings is 2. The van der Waals surface area contributed by atoms with Gasteiger partial charge >= 0.3 is 0 Å². The summed E-state index contributed by atoms with van der Waals surface area (Å²) >= 11 is 0. The number of aromatic amines is 1. The van der Waals surface area contributed by atoms with Gasteiger partial charge in [-0.2, -0.15) is 0 Å². The van der Waals surface area contributed by atoms with Crippen molar-refractivity contribution in [3.63, 3.8) is 0 Å². The van der Waals surface area contributed by atoms with E-state index in [4.69, 9.17) is 4.98 Å². The zero-order valence-corrected chi connectivity index (χ0v) is 18.7. The van der Waals surface area contributed by atoms with Crippen LogP contribution in [0, 0.1) is 0 Å². The molecule has 7 heteroatoms. The van der Waals surface area contributed by atoms with Crippen molar-refractivity contribution in [1.29, 1.82) is 0 Å². The fraction of sp³-hybridized carbons (Fsp3) is 0.346. The first-order valence-electron chi connectivity index (χ1n) is 11.6. The number of anilines is 1. The van der Waals surface area contributed by atoms with E-state index in [1.54, 1.807) is 6.07 Å². The van der Waals surface area contributed by atoms with Crippen LogP contribution in [0.4, 0.5) is 5.95 Å². The van der Waals surface area contributed by atoms with E-state index in [-0.39, 0.29) is 11.5 Å². The predicted molar refractivity (Wildman–Crippen MR) is 128 cm³/mol. The zero-order valence-electron chi connectivity index (χ0n) is 18.7. The van der Waals surface area contributed by atoms with Crippen LogP contribution in [0.5, 0.6) is 0 Å². The van der Waals surface area contributed by atoms with Gasteiger partial charge in [-0.15, -0.1) is 0 Å². The van der Waals surface area contributed by atoms with E-state index in [9.17, 15) is 9.59 Å². The first-order valence-corrected chi connectivity index (χ1v) is 11.6. The smallest absolute Gasteiger partial charge is 0.252 e. The van der Waals surface area contributed by atoms with Crippen LogP contribution in [0.1, 0.15) is 22.4 Å². The molecule has 5 rings (SSSR count). The number of H-pyrrole nitrogens is 1. The largest absolute Gasteiger partial charge is 0.339 e. The SMILES string of the molecule is O=C(Cc1ccccc1)N1CCN(c2nc(CN3CCc4ccccc4C3)cc(=O)[nH]2)CC1. The molecule has 0 spiro atoms. The first kappa shape index (κ1) is 21.4. The van der Waals surface area contributed by atoms with Crippen LogP contribution in [0.25, 0.3) is 0 Å². The molecule has 1 saturated heterocycles. The van der Waals surface area contributed by atoms with Crippen molar-refractivity contribution in [3.05, 3.63) is 93.4 Å². The van der Waals surface area contributed by atoms with Gasteiger partial charge < -0.3 is 9.80 Å². The monoisotopic (exact) mass is 443 g/mol. The molecule has 0 radical (unpaired) electrons. The molecule has 0 atom stereocenters. The molecule has 0 bridgehead atoms. The molecular formula is C26H29N5O2. The third-order valence-electron chi connectivity index (χ3n) is 6.51. The van der Waals surface area contributed by atoms with Crippen molar-refractivity contribution in [3.8, 4) is 0 Å². The zero-order chi connectivity index (χ0) is 22.6. The average molecular weight is 444 g/mol. The highest BCUT2D eigenvalue weighted by Gasteiger charge is 2.23. The Morgan fingerprint density at radius 2 is 1.64 bits per heavy atom. The summed E-state index contributed by atoms with van der Waals surface area (Å²) in [6.45, 7) is 5.06. The Hall–Kier alpha value is -3.45. The second kappa shape index (κ2) is 9.58. The number of fused-ring (bicyclic) bond motifs is 1. The second-order valence-corrected chi connectivity index (χ2v) is 8.82. The van der Waals surface area contributed by atoms with Crippen molar-refractivity contribution in [1.82, 2.24) is 19.8 Å². The number of hydrogen-bond acceptors (Lipinski definition) is 5. The summed E-state index contributed by atoms with van der Waals surface area (Å²) in [5.74, 6) is 0.742. The Labute approximate surface area is 193 Å². The third kappa shape index (κ3) is 5.14. The van der Waals surface area contributed by atoms with Gasteiger partial charge in [0, 0.05) is 51.9 Å². The summed E-state index contributed by atoms with van der Waals surface area (Å²) in [4.78, 5) is 39.0. The maximum Gasteiger partial charge on any atom is 0.252 e. The van der Waals surface area contributed by atoms with Gasteiger partial charge in [-0.25, -0.2) is 4.98 Å². The van der Waals surface area contributed by atoms with Gasteiger partial charge in [-0.1, -0.05) is 54.6 Å². The van der Waals surface area contributed by atoms with Crippen molar-refractivity contribution < 1.29 is 4.79 Å². The number of piperazine rings is 1. The summed E-state index contributed by atoms with van der Waals surface area (Å²) in [6, 6.07) is 20.0. The molecule has 0 aliphatic carbocycles. The Morgan fingerprint density at radius 1 is 0.909 bits per heavy atom. The maximum absolute atomic E-state index is 12.7. The maximum atomic E-state index is 12.7. The van der Waals surface area contributed by atoms with Crippen molar-refractivity contribution >= 4 is 11.9 Å². The van der Waals surface area contributed by atoms with Crippen LogP contribution in [0.3, 0.4) is 0 Å². The summed E-state index contributed by atoms with van der Waals surface area (Å²) < 4.78 is 0. The molecule has 2 aliphatic heterocycles. The van der Waals surface area contributed by atoms with E-state index in [1.165, 1.54) is 11.1 Å². The van der Waals surface area contributed by atoms with Gasteiger partial charge in [0.25, 0.3) is 5.56 Å². The van der Waals surface area contributed by atoms with Crippen molar-refractivity contribution in [2.24, 2.45) is 0 Å². The molecule has 1 aromatic heterocycles. The quantitative estimate of drug-likeness (QED) is 0.655. The summed E-state index contributed by atoms with van der Waals surface area (Å²) in [7, 11) is 0. The molecule has 3 aromatic rings. The van der Waals surface area contributed by atoms with Crippen LogP contribution in [-0.2, 0) is 30.7 Å². The molecule has 33 heavy (non-hydrogen) atoms. The molecule has 0 saturated carbocycles. The lowest BCUT2D eigenvalue weighted by Gasteiger charge is -2.35. The molecule has 170 valence electrons. The lowest BCUT2D eigenvalue weighted by atomic mass is 10.00. The molecular weight excluding hydrogens is 414 g/mol. The molecule has 3 heterocycles. The van der Waals surface area contributed by atoms with E-state index in [2.05, 4.69) is 39.0 Å². The minimum absolute atomic E-state index is 0.130. The molecule has 1 fully saturated rings. The standard InChI is InChI=1S/C26H29N5O2/c32-24-17-23(19-29-11-10-21-8-4-5-9-22(21)18-29)27-26(28-24)31-14-12-30(13-15-31)25(33)16-20-6-2-1-3-7-20/h1-9,17H,10-16,18-19H2,(H,27,28,32). The van der Waals surface area contributed by atoms with Crippen LogP contribution >= 0.6 is 0 Å². The number of rotatable bonds is 5. The van der Waals surface area contributed by atoms with Crippen LogP contribution in [0.2, 0.25) is 0 Å². The van der Waals surface area contributed by atoms with Crippen molar-refractivity contribution in [2.75, 3.05) is 37.6 Å². The van der Waals surface area contributed by atoms with Gasteiger partial charge in [0.05, 0.1) is 12.1 Å². The molecule has 7 nitrogen and oxygen atoms in total. The second-order valence-electron chi connectivity index (χ2n) is 8.82. The average Bonchev–Trinajstić information content (AvgIpc) is 2.84. The lowest BCUT2D eigenvalue weighted by molar-refractivity contribution is -0.130. The summed E-state index contributed by atoms with van der Waals surface area (Å²) in [5, 5.41) is 0. The number of amides is 1. The van der Waals surface area contributed by atoms with Gasteiger partial charge in [-0.3, -0.25) is 19.5 Å². The fourth-order valence-electron chi connectivity index (χ4n) is 4.69. The molecule has 0 unspecified atom stereocenters. The van der Waals surface area contributed by atoms with E-state index >= 15 is 0 Å². The number of hydrogen-bond donors (Lipinski definition) is 1. The predicted octanol–water partition coefficient (Wildman–Crippen LogP) is 2.22. The molecule has 1 N–H and O–H groups in total.